The third-order valence-electron chi connectivity index (χ3n) is 4.73. The first kappa shape index (κ1) is 19.7. The van der Waals surface area contributed by atoms with Crippen molar-refractivity contribution in [1.82, 2.24) is 19.8 Å². The summed E-state index contributed by atoms with van der Waals surface area (Å²) >= 11 is 6.77. The summed E-state index contributed by atoms with van der Waals surface area (Å²) in [6.07, 6.45) is 0.371. The molecule has 3 heterocycles. The zero-order valence-corrected chi connectivity index (χ0v) is 18.8. The molecule has 3 aromatic rings. The van der Waals surface area contributed by atoms with Gasteiger partial charge in [0.25, 0.3) is 0 Å². The second kappa shape index (κ2) is 8.82. The fraction of sp³-hybridized carbons (Fsp3) is 0.350. The van der Waals surface area contributed by atoms with E-state index in [9.17, 15) is 4.79 Å². The Morgan fingerprint density at radius 3 is 2.61 bits per heavy atom. The van der Waals surface area contributed by atoms with Crippen LogP contribution in [0.5, 0.6) is 0 Å². The molecule has 1 fully saturated rings. The van der Waals surface area contributed by atoms with Crippen LogP contribution in [0.15, 0.2) is 39.5 Å². The summed E-state index contributed by atoms with van der Waals surface area (Å²) < 4.78 is 1.03. The van der Waals surface area contributed by atoms with Crippen LogP contribution >= 0.6 is 38.6 Å². The highest BCUT2D eigenvalue weighted by Gasteiger charge is 2.22. The molecular formula is C20H21BrN4OS2. The fourth-order valence-corrected chi connectivity index (χ4v) is 5.09. The number of carbonyl (C=O) groups is 1. The zero-order valence-electron chi connectivity index (χ0n) is 15.6. The smallest absolute Gasteiger partial charge is 0.228 e. The van der Waals surface area contributed by atoms with Crippen molar-refractivity contribution in [3.05, 3.63) is 55.9 Å². The second-order valence-electron chi connectivity index (χ2n) is 6.85. The minimum absolute atomic E-state index is 0.162. The number of aryl methyl sites for hydroxylation is 1. The van der Waals surface area contributed by atoms with Gasteiger partial charge in [-0.15, -0.1) is 22.7 Å². The predicted octanol–water partition coefficient (Wildman–Crippen LogP) is 4.22. The Labute approximate surface area is 181 Å². The molecule has 0 unspecified atom stereocenters. The van der Waals surface area contributed by atoms with E-state index in [1.807, 2.05) is 41.5 Å². The molecule has 5 nitrogen and oxygen atoms in total. The molecule has 0 aliphatic carbocycles. The summed E-state index contributed by atoms with van der Waals surface area (Å²) in [6.45, 7) is 6.22. The Bertz CT molecular complexity index is 963. The van der Waals surface area contributed by atoms with Crippen molar-refractivity contribution in [2.24, 2.45) is 0 Å². The second-order valence-corrected chi connectivity index (χ2v) is 9.68. The van der Waals surface area contributed by atoms with Crippen LogP contribution in [0, 0.1) is 6.92 Å². The van der Waals surface area contributed by atoms with E-state index in [1.165, 1.54) is 0 Å². The first-order chi connectivity index (χ1) is 13.6. The largest absolute Gasteiger partial charge is 0.340 e. The molecule has 1 amide bonds. The molecular weight excluding hydrogens is 456 g/mol. The first-order valence-corrected chi connectivity index (χ1v) is 11.7. The third kappa shape index (κ3) is 4.86. The monoisotopic (exact) mass is 476 g/mol. The van der Waals surface area contributed by atoms with E-state index in [1.54, 1.807) is 22.7 Å². The highest BCUT2D eigenvalue weighted by Crippen LogP contribution is 2.26. The maximum Gasteiger partial charge on any atom is 0.228 e. The molecule has 1 saturated heterocycles. The van der Waals surface area contributed by atoms with E-state index < -0.39 is 0 Å². The van der Waals surface area contributed by atoms with Gasteiger partial charge >= 0.3 is 0 Å². The lowest BCUT2D eigenvalue weighted by atomic mass is 10.2. The third-order valence-corrected chi connectivity index (χ3v) is 6.99. The van der Waals surface area contributed by atoms with Gasteiger partial charge in [0.1, 0.15) is 5.01 Å². The summed E-state index contributed by atoms with van der Waals surface area (Å²) in [5.74, 6) is 0.162. The lowest BCUT2D eigenvalue weighted by Crippen LogP contribution is -2.48. The van der Waals surface area contributed by atoms with Gasteiger partial charge < -0.3 is 4.90 Å². The summed E-state index contributed by atoms with van der Waals surface area (Å²) in [4.78, 5) is 26.2. The van der Waals surface area contributed by atoms with E-state index >= 15 is 0 Å². The van der Waals surface area contributed by atoms with Crippen LogP contribution in [-0.4, -0.2) is 51.9 Å². The Morgan fingerprint density at radius 1 is 1.11 bits per heavy atom. The molecule has 0 spiro atoms. The fourth-order valence-electron chi connectivity index (χ4n) is 3.27. The topological polar surface area (TPSA) is 49.3 Å². The van der Waals surface area contributed by atoms with Crippen LogP contribution in [0.25, 0.3) is 10.6 Å². The number of benzene rings is 1. The van der Waals surface area contributed by atoms with Gasteiger partial charge in [0.15, 0.2) is 0 Å². The molecule has 1 aliphatic rings. The maximum absolute atomic E-state index is 12.7. The first-order valence-electron chi connectivity index (χ1n) is 9.18. The van der Waals surface area contributed by atoms with Gasteiger partial charge in [0.2, 0.25) is 5.91 Å². The van der Waals surface area contributed by atoms with Gasteiger partial charge in [-0.25, -0.2) is 9.97 Å². The van der Waals surface area contributed by atoms with Crippen molar-refractivity contribution in [3.8, 4) is 10.6 Å². The molecule has 0 saturated carbocycles. The molecule has 0 atom stereocenters. The Morgan fingerprint density at radius 2 is 1.89 bits per heavy atom. The van der Waals surface area contributed by atoms with Crippen molar-refractivity contribution in [2.45, 2.75) is 19.9 Å². The molecule has 0 N–H and O–H groups in total. The summed E-state index contributed by atoms with van der Waals surface area (Å²) in [7, 11) is 0. The Balaban J connectivity index is 1.30. The van der Waals surface area contributed by atoms with Gasteiger partial charge in [-0.05, 0) is 19.1 Å². The maximum atomic E-state index is 12.7. The van der Waals surface area contributed by atoms with Gasteiger partial charge in [-0.1, -0.05) is 28.1 Å². The standard InChI is InChI=1S/C20H21BrN4OS2/c1-14-22-18(13-27-14)11-24-5-7-25(8-6-24)19(26)10-17-12-28-20(23-17)15-3-2-4-16(21)9-15/h2-4,9,12-13H,5-8,10-11H2,1H3. The summed E-state index contributed by atoms with van der Waals surface area (Å²) in [6, 6.07) is 8.08. The minimum Gasteiger partial charge on any atom is -0.340 e. The van der Waals surface area contributed by atoms with Crippen molar-refractivity contribution in [3.63, 3.8) is 0 Å². The van der Waals surface area contributed by atoms with Gasteiger partial charge in [0, 0.05) is 53.5 Å². The number of hydrogen-bond donors (Lipinski definition) is 0. The van der Waals surface area contributed by atoms with Crippen LogP contribution in [-0.2, 0) is 17.8 Å². The number of amides is 1. The van der Waals surface area contributed by atoms with Crippen molar-refractivity contribution >= 4 is 44.5 Å². The minimum atomic E-state index is 0.162. The highest BCUT2D eigenvalue weighted by molar-refractivity contribution is 9.10. The van der Waals surface area contributed by atoms with Crippen molar-refractivity contribution in [1.29, 1.82) is 0 Å². The number of carbonyl (C=O) groups excluding carboxylic acids is 1. The highest BCUT2D eigenvalue weighted by atomic mass is 79.9. The van der Waals surface area contributed by atoms with Crippen LogP contribution in [0.4, 0.5) is 0 Å². The van der Waals surface area contributed by atoms with Crippen LogP contribution in [0.3, 0.4) is 0 Å². The number of piperazine rings is 1. The van der Waals surface area contributed by atoms with Gasteiger partial charge in [-0.3, -0.25) is 9.69 Å². The number of aromatic nitrogens is 2. The predicted molar refractivity (Wildman–Crippen MR) is 118 cm³/mol. The summed E-state index contributed by atoms with van der Waals surface area (Å²) in [5, 5.41) is 6.18. The van der Waals surface area contributed by atoms with Crippen molar-refractivity contribution in [2.75, 3.05) is 26.2 Å². The van der Waals surface area contributed by atoms with Gasteiger partial charge in [0.05, 0.1) is 22.8 Å². The number of nitrogens with zero attached hydrogens (tertiary/aromatic N) is 4. The number of halogens is 1. The number of thiazole rings is 2. The normalized spacial score (nSPS) is 15.1. The molecule has 4 rings (SSSR count). The number of hydrogen-bond acceptors (Lipinski definition) is 6. The lowest BCUT2D eigenvalue weighted by Gasteiger charge is -2.34. The lowest BCUT2D eigenvalue weighted by molar-refractivity contribution is -0.132. The van der Waals surface area contributed by atoms with E-state index in [0.29, 0.717) is 6.42 Å². The van der Waals surface area contributed by atoms with E-state index in [2.05, 4.69) is 36.2 Å². The molecule has 8 heteroatoms. The molecule has 2 aromatic heterocycles. The van der Waals surface area contributed by atoms with E-state index in [4.69, 9.17) is 0 Å². The van der Waals surface area contributed by atoms with E-state index in [-0.39, 0.29) is 5.91 Å². The molecule has 28 heavy (non-hydrogen) atoms. The average Bonchev–Trinajstić information content (AvgIpc) is 3.31. The van der Waals surface area contributed by atoms with E-state index in [0.717, 1.165) is 64.2 Å². The molecule has 1 aromatic carbocycles. The van der Waals surface area contributed by atoms with Crippen molar-refractivity contribution < 1.29 is 4.79 Å². The SMILES string of the molecule is Cc1nc(CN2CCN(C(=O)Cc3csc(-c4cccc(Br)c4)n3)CC2)cs1. The van der Waals surface area contributed by atoms with Gasteiger partial charge in [-0.2, -0.15) is 0 Å². The average molecular weight is 477 g/mol. The summed E-state index contributed by atoms with van der Waals surface area (Å²) in [5.41, 5.74) is 3.05. The molecule has 1 aliphatic heterocycles. The van der Waals surface area contributed by atoms with Crippen LogP contribution < -0.4 is 0 Å². The molecule has 0 bridgehead atoms. The molecule has 0 radical (unpaired) electrons. The Kier molecular flexibility index (Phi) is 6.20. The quantitative estimate of drug-likeness (QED) is 0.552. The Hall–Kier alpha value is -1.61. The van der Waals surface area contributed by atoms with Crippen LogP contribution in [0.2, 0.25) is 0 Å². The number of rotatable bonds is 5. The molecule has 146 valence electrons. The van der Waals surface area contributed by atoms with Crippen LogP contribution in [0.1, 0.15) is 16.4 Å². The zero-order chi connectivity index (χ0) is 19.5.